The summed E-state index contributed by atoms with van der Waals surface area (Å²) in [4.78, 5) is 33.8. The molecule has 0 aliphatic rings. The second kappa shape index (κ2) is 9.46. The molecule has 140 valence electrons. The standard InChI is InChI=1S/C16H14ClN5O4S/c17-11-4-6-12(7-5-11)19-16(27)21-20-14(23)9-18-15(24)10-2-1-3-13(8-10)22(25)26/h1-8H,9H2,(H,18,24)(H,20,23)(H2,19,21,27). The predicted molar refractivity (Wildman–Crippen MR) is 104 cm³/mol. The van der Waals surface area contributed by atoms with Crippen molar-refractivity contribution >= 4 is 52.1 Å². The van der Waals surface area contributed by atoms with Crippen molar-refractivity contribution in [3.63, 3.8) is 0 Å². The van der Waals surface area contributed by atoms with Crippen LogP contribution in [0.3, 0.4) is 0 Å². The van der Waals surface area contributed by atoms with Crippen LogP contribution in [-0.4, -0.2) is 28.4 Å². The molecule has 0 saturated carbocycles. The van der Waals surface area contributed by atoms with Gasteiger partial charge in [-0.2, -0.15) is 0 Å². The van der Waals surface area contributed by atoms with E-state index < -0.39 is 16.7 Å². The molecule has 0 aromatic heterocycles. The third-order valence-electron chi connectivity index (χ3n) is 3.15. The fraction of sp³-hybridized carbons (Fsp3) is 0.0625. The molecular weight excluding hydrogens is 394 g/mol. The van der Waals surface area contributed by atoms with E-state index in [0.29, 0.717) is 10.7 Å². The molecule has 4 N–H and O–H groups in total. The van der Waals surface area contributed by atoms with E-state index in [9.17, 15) is 19.7 Å². The third kappa shape index (κ3) is 6.53. The monoisotopic (exact) mass is 407 g/mol. The average molecular weight is 408 g/mol. The Labute approximate surface area is 164 Å². The number of rotatable bonds is 5. The van der Waals surface area contributed by atoms with E-state index in [0.717, 1.165) is 6.07 Å². The Morgan fingerprint density at radius 2 is 1.81 bits per heavy atom. The van der Waals surface area contributed by atoms with Gasteiger partial charge in [-0.3, -0.25) is 30.6 Å². The molecule has 2 amide bonds. The molecule has 27 heavy (non-hydrogen) atoms. The van der Waals surface area contributed by atoms with Gasteiger partial charge in [0.25, 0.3) is 17.5 Å². The normalized spacial score (nSPS) is 9.81. The van der Waals surface area contributed by atoms with Gasteiger partial charge in [-0.25, -0.2) is 0 Å². The van der Waals surface area contributed by atoms with Crippen LogP contribution in [0.4, 0.5) is 11.4 Å². The van der Waals surface area contributed by atoms with E-state index in [-0.39, 0.29) is 22.9 Å². The number of nitro groups is 1. The first-order valence-electron chi connectivity index (χ1n) is 7.49. The van der Waals surface area contributed by atoms with Gasteiger partial charge in [0, 0.05) is 28.4 Å². The van der Waals surface area contributed by atoms with Gasteiger partial charge in [0.1, 0.15) is 0 Å². The van der Waals surface area contributed by atoms with Gasteiger partial charge < -0.3 is 10.6 Å². The topological polar surface area (TPSA) is 125 Å². The number of benzene rings is 2. The smallest absolute Gasteiger partial charge is 0.270 e. The maximum absolute atomic E-state index is 11.9. The Balaban J connectivity index is 1.76. The first-order chi connectivity index (χ1) is 12.8. The van der Waals surface area contributed by atoms with Crippen LogP contribution in [0, 0.1) is 10.1 Å². The minimum Gasteiger partial charge on any atom is -0.343 e. The molecule has 9 nitrogen and oxygen atoms in total. The van der Waals surface area contributed by atoms with E-state index in [2.05, 4.69) is 21.5 Å². The van der Waals surface area contributed by atoms with Crippen molar-refractivity contribution in [3.05, 3.63) is 69.2 Å². The highest BCUT2D eigenvalue weighted by Gasteiger charge is 2.12. The summed E-state index contributed by atoms with van der Waals surface area (Å²) in [5.41, 5.74) is 5.32. The zero-order chi connectivity index (χ0) is 19.8. The van der Waals surface area contributed by atoms with Crippen LogP contribution in [0.5, 0.6) is 0 Å². The van der Waals surface area contributed by atoms with Crippen molar-refractivity contribution in [1.29, 1.82) is 0 Å². The molecule has 0 unspecified atom stereocenters. The van der Waals surface area contributed by atoms with Crippen LogP contribution in [-0.2, 0) is 4.79 Å². The number of non-ortho nitro benzene ring substituents is 1. The zero-order valence-corrected chi connectivity index (χ0v) is 15.3. The van der Waals surface area contributed by atoms with E-state index in [4.69, 9.17) is 23.8 Å². The molecule has 11 heteroatoms. The van der Waals surface area contributed by atoms with Gasteiger partial charge >= 0.3 is 0 Å². The lowest BCUT2D eigenvalue weighted by atomic mass is 10.2. The lowest BCUT2D eigenvalue weighted by Crippen LogP contribution is -2.47. The van der Waals surface area contributed by atoms with Crippen molar-refractivity contribution in [2.24, 2.45) is 0 Å². The molecule has 0 fully saturated rings. The highest BCUT2D eigenvalue weighted by molar-refractivity contribution is 7.80. The number of amides is 2. The maximum atomic E-state index is 11.9. The molecule has 0 saturated heterocycles. The molecule has 0 heterocycles. The van der Waals surface area contributed by atoms with Gasteiger partial charge in [0.2, 0.25) is 0 Å². The largest absolute Gasteiger partial charge is 0.343 e. The molecule has 0 aliphatic carbocycles. The number of thiocarbonyl (C=S) groups is 1. The van der Waals surface area contributed by atoms with Crippen LogP contribution in [0.15, 0.2) is 48.5 Å². The second-order valence-electron chi connectivity index (χ2n) is 5.12. The summed E-state index contributed by atoms with van der Waals surface area (Å²) in [6.07, 6.45) is 0. The quantitative estimate of drug-likeness (QED) is 0.339. The van der Waals surface area contributed by atoms with E-state index >= 15 is 0 Å². The summed E-state index contributed by atoms with van der Waals surface area (Å²) in [5.74, 6) is -1.18. The fourth-order valence-corrected chi connectivity index (χ4v) is 2.18. The number of halogens is 1. The lowest BCUT2D eigenvalue weighted by molar-refractivity contribution is -0.384. The van der Waals surface area contributed by atoms with E-state index in [1.54, 1.807) is 24.3 Å². The summed E-state index contributed by atoms with van der Waals surface area (Å²) in [7, 11) is 0. The fourth-order valence-electron chi connectivity index (χ4n) is 1.89. The minimum atomic E-state index is -0.615. The summed E-state index contributed by atoms with van der Waals surface area (Å²) in [5, 5.41) is 16.6. The molecule has 0 spiro atoms. The number of nitro benzene ring substituents is 1. The SMILES string of the molecule is O=C(CNC(=O)c1cccc([N+](=O)[O-])c1)NNC(=S)Nc1ccc(Cl)cc1. The molecule has 0 radical (unpaired) electrons. The Bertz CT molecular complexity index is 875. The van der Waals surface area contributed by atoms with Crippen molar-refractivity contribution in [3.8, 4) is 0 Å². The lowest BCUT2D eigenvalue weighted by Gasteiger charge is -2.12. The van der Waals surface area contributed by atoms with Crippen molar-refractivity contribution in [2.45, 2.75) is 0 Å². The number of hydrogen-bond acceptors (Lipinski definition) is 5. The summed E-state index contributed by atoms with van der Waals surface area (Å²) < 4.78 is 0. The summed E-state index contributed by atoms with van der Waals surface area (Å²) in [6, 6.07) is 11.9. The molecule has 2 rings (SSSR count). The number of carbonyl (C=O) groups excluding carboxylic acids is 2. The van der Waals surface area contributed by atoms with E-state index in [1.807, 2.05) is 0 Å². The molecule has 2 aromatic carbocycles. The molecule has 2 aromatic rings. The highest BCUT2D eigenvalue weighted by Crippen LogP contribution is 2.13. The first kappa shape index (κ1) is 20.1. The second-order valence-corrected chi connectivity index (χ2v) is 5.97. The Hall–Kier alpha value is -3.24. The average Bonchev–Trinajstić information content (AvgIpc) is 2.66. The number of nitrogens with zero attached hydrogens (tertiary/aromatic N) is 1. The Morgan fingerprint density at radius 3 is 2.48 bits per heavy atom. The van der Waals surface area contributed by atoms with Gasteiger partial charge in [0.05, 0.1) is 11.5 Å². The number of carbonyl (C=O) groups is 2. The Morgan fingerprint density at radius 1 is 1.11 bits per heavy atom. The maximum Gasteiger partial charge on any atom is 0.270 e. The van der Waals surface area contributed by atoms with Crippen LogP contribution in [0.2, 0.25) is 5.02 Å². The summed E-state index contributed by atoms with van der Waals surface area (Å²) >= 11 is 10.8. The molecule has 0 bridgehead atoms. The van der Waals surface area contributed by atoms with Crippen LogP contribution in [0.1, 0.15) is 10.4 Å². The van der Waals surface area contributed by atoms with Crippen molar-refractivity contribution in [2.75, 3.05) is 11.9 Å². The molecule has 0 atom stereocenters. The van der Waals surface area contributed by atoms with Crippen LogP contribution >= 0.6 is 23.8 Å². The van der Waals surface area contributed by atoms with Crippen LogP contribution < -0.4 is 21.5 Å². The third-order valence-corrected chi connectivity index (χ3v) is 3.60. The Kier molecular flexibility index (Phi) is 7.03. The van der Waals surface area contributed by atoms with Crippen molar-refractivity contribution in [1.82, 2.24) is 16.2 Å². The number of anilines is 1. The number of nitrogens with one attached hydrogen (secondary N) is 4. The molecular formula is C16H14ClN5O4S. The van der Waals surface area contributed by atoms with Crippen molar-refractivity contribution < 1.29 is 14.5 Å². The van der Waals surface area contributed by atoms with Gasteiger partial charge in [-0.05, 0) is 42.5 Å². The van der Waals surface area contributed by atoms with Gasteiger partial charge in [0.15, 0.2) is 5.11 Å². The van der Waals surface area contributed by atoms with E-state index in [1.165, 1.54) is 18.2 Å². The van der Waals surface area contributed by atoms with Gasteiger partial charge in [-0.1, -0.05) is 17.7 Å². The van der Waals surface area contributed by atoms with Crippen LogP contribution in [0.25, 0.3) is 0 Å². The highest BCUT2D eigenvalue weighted by atomic mass is 35.5. The zero-order valence-electron chi connectivity index (χ0n) is 13.7. The predicted octanol–water partition coefficient (Wildman–Crippen LogP) is 2.00. The minimum absolute atomic E-state index is 0.0740. The molecule has 0 aliphatic heterocycles. The number of hydrogen-bond donors (Lipinski definition) is 4. The number of hydrazine groups is 1. The van der Waals surface area contributed by atoms with Gasteiger partial charge in [-0.15, -0.1) is 0 Å². The summed E-state index contributed by atoms with van der Waals surface area (Å²) in [6.45, 7) is -0.349. The first-order valence-corrected chi connectivity index (χ1v) is 8.28.